The Balaban J connectivity index is 1.44. The normalized spacial score (nSPS) is 14.6. The van der Waals surface area contributed by atoms with Crippen LogP contribution >= 0.6 is 11.6 Å². The third kappa shape index (κ3) is 3.90. The van der Waals surface area contributed by atoms with E-state index in [1.54, 1.807) is 18.0 Å². The molecule has 7 heteroatoms. The van der Waals surface area contributed by atoms with E-state index in [1.165, 1.54) is 0 Å². The van der Waals surface area contributed by atoms with Gasteiger partial charge in [-0.2, -0.15) is 0 Å². The van der Waals surface area contributed by atoms with E-state index in [2.05, 4.69) is 0 Å². The molecule has 6 nitrogen and oxygen atoms in total. The number of carbonyl (C=O) groups excluding carboxylic acids is 1. The van der Waals surface area contributed by atoms with Gasteiger partial charge in [-0.05, 0) is 35.4 Å². The Morgan fingerprint density at radius 2 is 1.78 bits per heavy atom. The fourth-order valence-electron chi connectivity index (χ4n) is 3.10. The van der Waals surface area contributed by atoms with E-state index in [4.69, 9.17) is 30.5 Å². The largest absolute Gasteiger partial charge is 0.489 e. The van der Waals surface area contributed by atoms with Crippen LogP contribution in [0.1, 0.15) is 17.5 Å². The van der Waals surface area contributed by atoms with Gasteiger partial charge >= 0.3 is 0 Å². The molecule has 2 aliphatic rings. The average molecular weight is 390 g/mol. The third-order valence-corrected chi connectivity index (χ3v) is 4.78. The lowest BCUT2D eigenvalue weighted by Gasteiger charge is -2.18. The molecular formula is C20H20ClNO5. The third-order valence-electron chi connectivity index (χ3n) is 4.50. The van der Waals surface area contributed by atoms with Crippen molar-refractivity contribution in [3.63, 3.8) is 0 Å². The molecule has 2 heterocycles. The predicted octanol–water partition coefficient (Wildman–Crippen LogP) is 3.43. The van der Waals surface area contributed by atoms with Gasteiger partial charge in [0, 0.05) is 20.0 Å². The van der Waals surface area contributed by atoms with E-state index in [0.717, 1.165) is 23.3 Å². The summed E-state index contributed by atoms with van der Waals surface area (Å²) in [6, 6.07) is 9.29. The Kier molecular flexibility index (Phi) is 4.99. The number of hydrogen-bond acceptors (Lipinski definition) is 5. The molecule has 4 rings (SSSR count). The van der Waals surface area contributed by atoms with Crippen LogP contribution in [0, 0.1) is 0 Å². The fourth-order valence-corrected chi connectivity index (χ4v) is 3.38. The summed E-state index contributed by atoms with van der Waals surface area (Å²) in [5.74, 6) is 2.58. The maximum absolute atomic E-state index is 12.7. The van der Waals surface area contributed by atoms with Gasteiger partial charge in [0.15, 0.2) is 23.0 Å². The lowest BCUT2D eigenvalue weighted by atomic mass is 10.1. The summed E-state index contributed by atoms with van der Waals surface area (Å²) in [6.45, 7) is 1.86. The van der Waals surface area contributed by atoms with E-state index >= 15 is 0 Å². The first-order valence-electron chi connectivity index (χ1n) is 8.80. The number of nitrogens with zero attached hydrogens (tertiary/aromatic N) is 1. The molecule has 0 saturated carbocycles. The minimum atomic E-state index is -0.0155. The van der Waals surface area contributed by atoms with Crippen molar-refractivity contribution in [2.24, 2.45) is 0 Å². The fraction of sp³-hybridized carbons (Fsp3) is 0.350. The highest BCUT2D eigenvalue weighted by molar-refractivity contribution is 6.32. The van der Waals surface area contributed by atoms with Gasteiger partial charge in [0.25, 0.3) is 0 Å². The van der Waals surface area contributed by atoms with Crippen molar-refractivity contribution >= 4 is 17.5 Å². The lowest BCUT2D eigenvalue weighted by molar-refractivity contribution is -0.129. The quantitative estimate of drug-likeness (QED) is 0.801. The van der Waals surface area contributed by atoms with Gasteiger partial charge in [-0.15, -0.1) is 0 Å². The van der Waals surface area contributed by atoms with Crippen molar-refractivity contribution in [1.82, 2.24) is 4.90 Å². The smallest absolute Gasteiger partial charge is 0.231 e. The van der Waals surface area contributed by atoms with Crippen molar-refractivity contribution in [2.45, 2.75) is 19.4 Å². The molecule has 2 aromatic rings. The van der Waals surface area contributed by atoms with Crippen LogP contribution in [0.4, 0.5) is 0 Å². The maximum atomic E-state index is 12.7. The van der Waals surface area contributed by atoms with Gasteiger partial charge in [-0.3, -0.25) is 4.79 Å². The highest BCUT2D eigenvalue weighted by Crippen LogP contribution is 2.38. The Morgan fingerprint density at radius 3 is 2.67 bits per heavy atom. The maximum Gasteiger partial charge on any atom is 0.231 e. The van der Waals surface area contributed by atoms with Crippen LogP contribution in [0.2, 0.25) is 5.02 Å². The van der Waals surface area contributed by atoms with Gasteiger partial charge in [0.1, 0.15) is 0 Å². The van der Waals surface area contributed by atoms with Crippen LogP contribution in [0.3, 0.4) is 0 Å². The molecule has 0 N–H and O–H groups in total. The van der Waals surface area contributed by atoms with Gasteiger partial charge in [0.2, 0.25) is 12.7 Å². The van der Waals surface area contributed by atoms with E-state index in [0.29, 0.717) is 42.0 Å². The molecule has 0 fully saturated rings. The molecule has 27 heavy (non-hydrogen) atoms. The van der Waals surface area contributed by atoms with Crippen LogP contribution in [0.15, 0.2) is 30.3 Å². The minimum Gasteiger partial charge on any atom is -0.489 e. The zero-order valence-corrected chi connectivity index (χ0v) is 15.8. The Morgan fingerprint density at radius 1 is 1.00 bits per heavy atom. The monoisotopic (exact) mass is 389 g/mol. The summed E-state index contributed by atoms with van der Waals surface area (Å²) in [6.07, 6.45) is 1.04. The van der Waals surface area contributed by atoms with Gasteiger partial charge < -0.3 is 23.8 Å². The number of hydrogen-bond donors (Lipinski definition) is 0. The first-order valence-corrected chi connectivity index (χ1v) is 9.18. The molecular weight excluding hydrogens is 370 g/mol. The minimum absolute atomic E-state index is 0.0155. The molecule has 0 bridgehead atoms. The van der Waals surface area contributed by atoms with Crippen molar-refractivity contribution in [3.8, 4) is 23.0 Å². The molecule has 0 aromatic heterocycles. The van der Waals surface area contributed by atoms with Crippen molar-refractivity contribution < 1.29 is 23.7 Å². The summed E-state index contributed by atoms with van der Waals surface area (Å²) in [5, 5.41) is 0.468. The first kappa shape index (κ1) is 17.8. The van der Waals surface area contributed by atoms with Crippen molar-refractivity contribution in [1.29, 1.82) is 0 Å². The van der Waals surface area contributed by atoms with E-state index < -0.39 is 0 Å². The Labute approximate surface area is 162 Å². The van der Waals surface area contributed by atoms with E-state index in [1.807, 2.05) is 24.3 Å². The van der Waals surface area contributed by atoms with Crippen LogP contribution in [-0.2, 0) is 17.8 Å². The molecule has 142 valence electrons. The predicted molar refractivity (Wildman–Crippen MR) is 99.8 cm³/mol. The zero-order chi connectivity index (χ0) is 18.8. The second-order valence-corrected chi connectivity index (χ2v) is 6.98. The summed E-state index contributed by atoms with van der Waals surface area (Å²) in [7, 11) is 1.78. The van der Waals surface area contributed by atoms with Crippen LogP contribution < -0.4 is 18.9 Å². The number of benzene rings is 2. The number of ether oxygens (including phenoxy) is 4. The molecule has 0 unspecified atom stereocenters. The lowest BCUT2D eigenvalue weighted by Crippen LogP contribution is -2.27. The number of halogens is 1. The summed E-state index contributed by atoms with van der Waals surface area (Å²) in [4.78, 5) is 14.3. The number of rotatable bonds is 4. The van der Waals surface area contributed by atoms with Crippen LogP contribution in [0.5, 0.6) is 23.0 Å². The highest BCUT2D eigenvalue weighted by Gasteiger charge is 2.19. The van der Waals surface area contributed by atoms with E-state index in [9.17, 15) is 4.79 Å². The van der Waals surface area contributed by atoms with Gasteiger partial charge in [0.05, 0.1) is 24.7 Å². The SMILES string of the molecule is CN(Cc1ccc2c(c1)OCO2)C(=O)Cc1cc(Cl)c2c(c1)OCCCO2. The van der Waals surface area contributed by atoms with Crippen molar-refractivity contribution in [2.75, 3.05) is 27.1 Å². The summed E-state index contributed by atoms with van der Waals surface area (Å²) in [5.41, 5.74) is 1.78. The molecule has 0 radical (unpaired) electrons. The molecule has 2 aromatic carbocycles. The number of likely N-dealkylation sites (N-methyl/N-ethyl adjacent to an activating group) is 1. The standard InChI is InChI=1S/C20H20ClNO5/c1-22(11-13-3-4-16-17(8-13)27-12-26-16)19(23)10-14-7-15(21)20-18(9-14)24-5-2-6-25-20/h3-4,7-9H,2,5-6,10-12H2,1H3. The molecule has 2 aliphatic heterocycles. The Bertz CT molecular complexity index is 870. The van der Waals surface area contributed by atoms with Crippen LogP contribution in [-0.4, -0.2) is 37.9 Å². The zero-order valence-electron chi connectivity index (χ0n) is 15.0. The molecule has 0 atom stereocenters. The van der Waals surface area contributed by atoms with Gasteiger partial charge in [-0.25, -0.2) is 0 Å². The van der Waals surface area contributed by atoms with Crippen LogP contribution in [0.25, 0.3) is 0 Å². The van der Waals surface area contributed by atoms with Crippen molar-refractivity contribution in [3.05, 3.63) is 46.5 Å². The topological polar surface area (TPSA) is 57.2 Å². The summed E-state index contributed by atoms with van der Waals surface area (Å²) >= 11 is 6.31. The molecule has 0 saturated heterocycles. The second-order valence-electron chi connectivity index (χ2n) is 6.57. The second kappa shape index (κ2) is 7.56. The number of carbonyl (C=O) groups is 1. The average Bonchev–Trinajstić information content (AvgIpc) is 2.97. The molecule has 1 amide bonds. The Hall–Kier alpha value is -2.60. The summed E-state index contributed by atoms with van der Waals surface area (Å²) < 4.78 is 22.0. The molecule has 0 spiro atoms. The highest BCUT2D eigenvalue weighted by atomic mass is 35.5. The van der Waals surface area contributed by atoms with E-state index in [-0.39, 0.29) is 19.1 Å². The number of fused-ring (bicyclic) bond motifs is 2. The van der Waals surface area contributed by atoms with Gasteiger partial charge in [-0.1, -0.05) is 17.7 Å². The molecule has 0 aliphatic carbocycles. The first-order chi connectivity index (χ1) is 13.1. The number of amides is 1.